The molecule has 2 amide bonds. The molecular formula is C17H16N6O3. The van der Waals surface area contributed by atoms with Gasteiger partial charge in [0.15, 0.2) is 5.82 Å². The Hall–Kier alpha value is -3.75. The van der Waals surface area contributed by atoms with Crippen molar-refractivity contribution in [1.82, 2.24) is 25.5 Å². The Balaban J connectivity index is 2.04. The number of nitrogens with zero attached hydrogens (tertiary/aromatic N) is 4. The van der Waals surface area contributed by atoms with Gasteiger partial charge in [0.1, 0.15) is 17.5 Å². The molecule has 0 saturated heterocycles. The number of primary amides is 1. The number of carbonyl (C=O) groups is 2. The number of carbonyl (C=O) groups excluding carboxylic acids is 2. The van der Waals surface area contributed by atoms with Crippen LogP contribution in [0.15, 0.2) is 53.1 Å². The van der Waals surface area contributed by atoms with Crippen molar-refractivity contribution in [2.75, 3.05) is 0 Å². The quantitative estimate of drug-likeness (QED) is 0.635. The molecule has 2 aromatic heterocycles. The van der Waals surface area contributed by atoms with Gasteiger partial charge in [-0.1, -0.05) is 30.3 Å². The summed E-state index contributed by atoms with van der Waals surface area (Å²) in [5.41, 5.74) is 6.02. The summed E-state index contributed by atoms with van der Waals surface area (Å²) < 4.78 is 6.56. The molecule has 0 saturated carbocycles. The second-order valence-corrected chi connectivity index (χ2v) is 5.42. The lowest BCUT2D eigenvalue weighted by atomic mass is 10.2. The fraction of sp³-hybridized carbons (Fsp3) is 0.118. The van der Waals surface area contributed by atoms with Gasteiger partial charge in [0, 0.05) is 11.6 Å². The van der Waals surface area contributed by atoms with Gasteiger partial charge < -0.3 is 15.5 Å². The Bertz CT molecular complexity index is 931. The van der Waals surface area contributed by atoms with Gasteiger partial charge >= 0.3 is 0 Å². The summed E-state index contributed by atoms with van der Waals surface area (Å²) in [4.78, 5) is 24.0. The van der Waals surface area contributed by atoms with Crippen molar-refractivity contribution in [2.24, 2.45) is 5.73 Å². The van der Waals surface area contributed by atoms with Crippen LogP contribution in [0, 0.1) is 0 Å². The molecule has 1 atom stereocenters. The van der Waals surface area contributed by atoms with Crippen LogP contribution in [0.3, 0.4) is 0 Å². The third-order valence-electron chi connectivity index (χ3n) is 3.56. The van der Waals surface area contributed by atoms with Crippen molar-refractivity contribution in [3.8, 4) is 11.4 Å². The summed E-state index contributed by atoms with van der Waals surface area (Å²) in [5.74, 6) is -0.436. The van der Waals surface area contributed by atoms with Gasteiger partial charge in [0.25, 0.3) is 5.91 Å². The molecule has 1 unspecified atom stereocenters. The van der Waals surface area contributed by atoms with Crippen LogP contribution in [0.4, 0.5) is 0 Å². The van der Waals surface area contributed by atoms with Crippen LogP contribution in [-0.4, -0.2) is 38.1 Å². The zero-order chi connectivity index (χ0) is 18.5. The largest absolute Gasteiger partial charge is 0.465 e. The molecule has 2 heterocycles. The average Bonchev–Trinajstić information content (AvgIpc) is 3.31. The Morgan fingerprint density at radius 3 is 2.65 bits per heavy atom. The maximum absolute atomic E-state index is 12.7. The van der Waals surface area contributed by atoms with E-state index in [1.54, 1.807) is 12.1 Å². The van der Waals surface area contributed by atoms with E-state index in [1.165, 1.54) is 23.9 Å². The summed E-state index contributed by atoms with van der Waals surface area (Å²) in [7, 11) is 0. The van der Waals surface area contributed by atoms with Gasteiger partial charge in [0.05, 0.1) is 6.26 Å². The van der Waals surface area contributed by atoms with E-state index in [0.29, 0.717) is 11.6 Å². The third kappa shape index (κ3) is 3.66. The van der Waals surface area contributed by atoms with Gasteiger partial charge in [-0.25, -0.2) is 0 Å². The Morgan fingerprint density at radius 2 is 2.00 bits per heavy atom. The lowest BCUT2D eigenvalue weighted by Gasteiger charge is -2.13. The number of hydrogen-bond acceptors (Lipinski definition) is 6. The number of aromatic nitrogens is 4. The van der Waals surface area contributed by atoms with Crippen LogP contribution in [0.1, 0.15) is 12.7 Å². The van der Waals surface area contributed by atoms with Gasteiger partial charge in [-0.3, -0.25) is 9.59 Å². The molecule has 9 heteroatoms. The maximum Gasteiger partial charge on any atom is 0.270 e. The van der Waals surface area contributed by atoms with E-state index in [2.05, 4.69) is 20.8 Å². The number of amides is 2. The molecule has 1 aromatic carbocycles. The molecule has 0 aliphatic carbocycles. The number of tetrazole rings is 1. The Morgan fingerprint density at radius 1 is 1.23 bits per heavy atom. The first-order valence-corrected chi connectivity index (χ1v) is 7.76. The lowest BCUT2D eigenvalue weighted by molar-refractivity contribution is -0.124. The first kappa shape index (κ1) is 17.1. The van der Waals surface area contributed by atoms with Gasteiger partial charge in [0.2, 0.25) is 5.91 Å². The zero-order valence-electron chi connectivity index (χ0n) is 13.9. The second kappa shape index (κ2) is 7.43. The van der Waals surface area contributed by atoms with E-state index in [1.807, 2.05) is 30.3 Å². The van der Waals surface area contributed by atoms with E-state index in [9.17, 15) is 9.59 Å². The highest BCUT2D eigenvalue weighted by Crippen LogP contribution is 2.20. The molecule has 0 aliphatic heterocycles. The van der Waals surface area contributed by atoms with Crippen LogP contribution in [-0.2, 0) is 9.59 Å². The summed E-state index contributed by atoms with van der Waals surface area (Å²) in [6, 6.07) is 11.7. The number of hydrogen-bond donors (Lipinski definition) is 2. The molecule has 132 valence electrons. The number of rotatable bonds is 6. The minimum absolute atomic E-state index is 0.0805. The van der Waals surface area contributed by atoms with Crippen LogP contribution in [0.2, 0.25) is 0 Å². The van der Waals surface area contributed by atoms with Crippen LogP contribution in [0.25, 0.3) is 23.2 Å². The molecule has 0 bridgehead atoms. The van der Waals surface area contributed by atoms with E-state index in [-0.39, 0.29) is 5.70 Å². The number of nitrogens with one attached hydrogen (secondary N) is 1. The van der Waals surface area contributed by atoms with Crippen LogP contribution >= 0.6 is 0 Å². The van der Waals surface area contributed by atoms with Gasteiger partial charge in [-0.05, 0) is 29.5 Å². The highest BCUT2D eigenvalue weighted by molar-refractivity contribution is 6.19. The minimum atomic E-state index is -0.862. The molecule has 0 aliphatic rings. The van der Waals surface area contributed by atoms with Crippen molar-refractivity contribution in [3.05, 3.63) is 54.5 Å². The molecule has 3 aromatic rings. The van der Waals surface area contributed by atoms with Crippen molar-refractivity contribution in [2.45, 2.75) is 13.0 Å². The molecule has 0 fully saturated rings. The smallest absolute Gasteiger partial charge is 0.270 e. The van der Waals surface area contributed by atoms with Crippen molar-refractivity contribution < 1.29 is 14.0 Å². The van der Waals surface area contributed by atoms with Crippen molar-refractivity contribution in [3.63, 3.8) is 0 Å². The molecule has 9 nitrogen and oxygen atoms in total. The molecule has 3 N–H and O–H groups in total. The van der Waals surface area contributed by atoms with Crippen LogP contribution in [0.5, 0.6) is 0 Å². The SMILES string of the molecule is CC(NC(=O)C(=Cc1ccco1)n1nnnc1-c1ccccc1)C(N)=O. The number of nitrogens with two attached hydrogens (primary N) is 1. The fourth-order valence-electron chi connectivity index (χ4n) is 2.19. The maximum atomic E-state index is 12.7. The highest BCUT2D eigenvalue weighted by Gasteiger charge is 2.22. The summed E-state index contributed by atoms with van der Waals surface area (Å²) in [6.07, 6.45) is 2.96. The molecular weight excluding hydrogens is 336 g/mol. The third-order valence-corrected chi connectivity index (χ3v) is 3.56. The highest BCUT2D eigenvalue weighted by atomic mass is 16.3. The average molecular weight is 352 g/mol. The lowest BCUT2D eigenvalue weighted by Crippen LogP contribution is -2.43. The predicted octanol–water partition coefficient (Wildman–Crippen LogP) is 0.921. The zero-order valence-corrected chi connectivity index (χ0v) is 13.9. The Labute approximate surface area is 148 Å². The topological polar surface area (TPSA) is 129 Å². The molecule has 0 spiro atoms. The predicted molar refractivity (Wildman–Crippen MR) is 92.9 cm³/mol. The summed E-state index contributed by atoms with van der Waals surface area (Å²) >= 11 is 0. The molecule has 26 heavy (non-hydrogen) atoms. The molecule has 0 radical (unpaired) electrons. The van der Waals surface area contributed by atoms with Crippen molar-refractivity contribution >= 4 is 23.6 Å². The van der Waals surface area contributed by atoms with E-state index < -0.39 is 17.9 Å². The van der Waals surface area contributed by atoms with Gasteiger partial charge in [-0.2, -0.15) is 4.68 Å². The summed E-state index contributed by atoms with van der Waals surface area (Å²) in [6.45, 7) is 1.49. The minimum Gasteiger partial charge on any atom is -0.465 e. The first-order valence-electron chi connectivity index (χ1n) is 7.76. The second-order valence-electron chi connectivity index (χ2n) is 5.42. The first-order chi connectivity index (χ1) is 12.6. The molecule has 3 rings (SSSR count). The number of benzene rings is 1. The van der Waals surface area contributed by atoms with E-state index in [0.717, 1.165) is 5.56 Å². The Kier molecular flexibility index (Phi) is 4.88. The fourth-order valence-corrected chi connectivity index (χ4v) is 2.19. The van der Waals surface area contributed by atoms with Gasteiger partial charge in [-0.15, -0.1) is 5.10 Å². The van der Waals surface area contributed by atoms with E-state index in [4.69, 9.17) is 10.2 Å². The van der Waals surface area contributed by atoms with Crippen molar-refractivity contribution in [1.29, 1.82) is 0 Å². The summed E-state index contributed by atoms with van der Waals surface area (Å²) in [5, 5.41) is 14.1. The van der Waals surface area contributed by atoms with E-state index >= 15 is 0 Å². The number of furan rings is 1. The monoisotopic (exact) mass is 352 g/mol. The van der Waals surface area contributed by atoms with Crippen LogP contribution < -0.4 is 11.1 Å². The normalized spacial score (nSPS) is 12.6. The standard InChI is InChI=1S/C17H16N6O3/c1-11(15(18)24)19-17(25)14(10-13-8-5-9-26-13)23-16(20-21-22-23)12-6-3-2-4-7-12/h2-11H,1H3,(H2,18,24)(H,19,25).